The number of hydrogen-bond donors (Lipinski definition) is 1. The molecule has 1 fully saturated rings. The SMILES string of the molecule is Fc1ccc(Cn2cnnc2C2CCCNC2)cc1. The summed E-state index contributed by atoms with van der Waals surface area (Å²) < 4.78 is 15.0. The third kappa shape index (κ3) is 2.81. The van der Waals surface area contributed by atoms with Gasteiger partial charge in [0.15, 0.2) is 0 Å². The van der Waals surface area contributed by atoms with E-state index >= 15 is 0 Å². The molecule has 1 atom stereocenters. The number of rotatable bonds is 3. The van der Waals surface area contributed by atoms with E-state index < -0.39 is 0 Å². The molecule has 0 radical (unpaired) electrons. The van der Waals surface area contributed by atoms with Crippen molar-refractivity contribution >= 4 is 0 Å². The third-order valence-corrected chi connectivity index (χ3v) is 3.57. The highest BCUT2D eigenvalue weighted by Crippen LogP contribution is 2.21. The summed E-state index contributed by atoms with van der Waals surface area (Å²) in [6.07, 6.45) is 4.08. The number of benzene rings is 1. The molecule has 3 rings (SSSR count). The Morgan fingerprint density at radius 2 is 2.16 bits per heavy atom. The molecule has 1 aliphatic rings. The fourth-order valence-electron chi connectivity index (χ4n) is 2.56. The second-order valence-corrected chi connectivity index (χ2v) is 4.99. The second-order valence-electron chi connectivity index (χ2n) is 4.99. The monoisotopic (exact) mass is 260 g/mol. The van der Waals surface area contributed by atoms with Gasteiger partial charge < -0.3 is 9.88 Å². The molecule has 0 bridgehead atoms. The van der Waals surface area contributed by atoms with E-state index in [9.17, 15) is 4.39 Å². The molecule has 2 heterocycles. The summed E-state index contributed by atoms with van der Waals surface area (Å²) in [5.41, 5.74) is 1.06. The van der Waals surface area contributed by atoms with Crippen molar-refractivity contribution in [3.05, 3.63) is 47.8 Å². The molecule has 5 heteroatoms. The molecule has 1 saturated heterocycles. The molecule has 1 N–H and O–H groups in total. The van der Waals surface area contributed by atoms with Gasteiger partial charge in [0.25, 0.3) is 0 Å². The van der Waals surface area contributed by atoms with Crippen LogP contribution in [-0.4, -0.2) is 27.9 Å². The lowest BCUT2D eigenvalue weighted by molar-refractivity contribution is 0.435. The lowest BCUT2D eigenvalue weighted by Crippen LogP contribution is -2.30. The molecular weight excluding hydrogens is 243 g/mol. The fourth-order valence-corrected chi connectivity index (χ4v) is 2.56. The Kier molecular flexibility index (Phi) is 3.55. The van der Waals surface area contributed by atoms with Gasteiger partial charge >= 0.3 is 0 Å². The molecule has 4 nitrogen and oxygen atoms in total. The average molecular weight is 260 g/mol. The summed E-state index contributed by atoms with van der Waals surface area (Å²) >= 11 is 0. The second kappa shape index (κ2) is 5.48. The van der Waals surface area contributed by atoms with Crippen LogP contribution in [0.4, 0.5) is 4.39 Å². The van der Waals surface area contributed by atoms with Crippen molar-refractivity contribution in [1.29, 1.82) is 0 Å². The number of halogens is 1. The van der Waals surface area contributed by atoms with E-state index in [0.29, 0.717) is 12.5 Å². The van der Waals surface area contributed by atoms with Gasteiger partial charge in [0.1, 0.15) is 18.0 Å². The zero-order valence-corrected chi connectivity index (χ0v) is 10.7. The smallest absolute Gasteiger partial charge is 0.137 e. The summed E-state index contributed by atoms with van der Waals surface area (Å²) in [5.74, 6) is 1.25. The van der Waals surface area contributed by atoms with Gasteiger partial charge in [-0.25, -0.2) is 4.39 Å². The van der Waals surface area contributed by atoms with Gasteiger partial charge in [0.05, 0.1) is 6.54 Å². The highest BCUT2D eigenvalue weighted by atomic mass is 19.1. The summed E-state index contributed by atoms with van der Waals surface area (Å²) in [6.45, 7) is 2.74. The van der Waals surface area contributed by atoms with Gasteiger partial charge in [-0.2, -0.15) is 0 Å². The summed E-state index contributed by atoms with van der Waals surface area (Å²) in [6, 6.07) is 6.58. The van der Waals surface area contributed by atoms with Crippen LogP contribution < -0.4 is 5.32 Å². The minimum absolute atomic E-state index is 0.204. The zero-order valence-electron chi connectivity index (χ0n) is 10.7. The molecule has 0 saturated carbocycles. The zero-order chi connectivity index (χ0) is 13.1. The Morgan fingerprint density at radius 1 is 1.32 bits per heavy atom. The Balaban J connectivity index is 1.77. The highest BCUT2D eigenvalue weighted by Gasteiger charge is 2.20. The maximum absolute atomic E-state index is 12.9. The van der Waals surface area contributed by atoms with Crippen LogP contribution in [-0.2, 0) is 6.54 Å². The van der Waals surface area contributed by atoms with E-state index in [-0.39, 0.29) is 5.82 Å². The van der Waals surface area contributed by atoms with Gasteiger partial charge in [-0.1, -0.05) is 12.1 Å². The maximum Gasteiger partial charge on any atom is 0.137 e. The van der Waals surface area contributed by atoms with Gasteiger partial charge in [-0.05, 0) is 37.1 Å². The quantitative estimate of drug-likeness (QED) is 0.917. The molecule has 0 aliphatic carbocycles. The molecule has 1 aliphatic heterocycles. The van der Waals surface area contributed by atoms with Crippen molar-refractivity contribution in [3.8, 4) is 0 Å². The van der Waals surface area contributed by atoms with Crippen LogP contribution in [0.25, 0.3) is 0 Å². The van der Waals surface area contributed by atoms with Crippen LogP contribution in [0.1, 0.15) is 30.1 Å². The number of piperidine rings is 1. The van der Waals surface area contributed by atoms with Gasteiger partial charge in [0.2, 0.25) is 0 Å². The van der Waals surface area contributed by atoms with Crippen molar-refractivity contribution in [2.24, 2.45) is 0 Å². The van der Waals surface area contributed by atoms with Gasteiger partial charge in [0, 0.05) is 12.5 Å². The van der Waals surface area contributed by atoms with E-state index in [0.717, 1.165) is 30.9 Å². The number of nitrogens with one attached hydrogen (secondary N) is 1. The molecule has 2 aromatic rings. The first-order chi connectivity index (χ1) is 9.33. The summed E-state index contributed by atoms with van der Waals surface area (Å²) in [4.78, 5) is 0. The minimum atomic E-state index is -0.204. The molecule has 1 aromatic carbocycles. The number of nitrogens with zero attached hydrogens (tertiary/aromatic N) is 3. The van der Waals surface area contributed by atoms with Crippen molar-refractivity contribution < 1.29 is 4.39 Å². The summed E-state index contributed by atoms with van der Waals surface area (Å²) in [7, 11) is 0. The molecule has 0 spiro atoms. The molecule has 19 heavy (non-hydrogen) atoms. The predicted molar refractivity (Wildman–Crippen MR) is 70.4 cm³/mol. The van der Waals surface area contributed by atoms with Crippen molar-refractivity contribution in [2.75, 3.05) is 13.1 Å². The maximum atomic E-state index is 12.9. The first-order valence-corrected chi connectivity index (χ1v) is 6.66. The van der Waals surface area contributed by atoms with Crippen molar-refractivity contribution in [3.63, 3.8) is 0 Å². The van der Waals surface area contributed by atoms with E-state index in [1.807, 2.05) is 0 Å². The molecule has 0 amide bonds. The molecule has 100 valence electrons. The number of hydrogen-bond acceptors (Lipinski definition) is 3. The molecule has 1 aromatic heterocycles. The van der Waals surface area contributed by atoms with E-state index in [4.69, 9.17) is 0 Å². The van der Waals surface area contributed by atoms with Crippen molar-refractivity contribution in [1.82, 2.24) is 20.1 Å². The van der Waals surface area contributed by atoms with Crippen LogP contribution in [0, 0.1) is 5.82 Å². The topological polar surface area (TPSA) is 42.7 Å². The lowest BCUT2D eigenvalue weighted by Gasteiger charge is -2.22. The minimum Gasteiger partial charge on any atom is -0.316 e. The largest absolute Gasteiger partial charge is 0.316 e. The van der Waals surface area contributed by atoms with E-state index in [1.165, 1.54) is 18.6 Å². The molecule has 1 unspecified atom stereocenters. The average Bonchev–Trinajstić information content (AvgIpc) is 2.90. The molecular formula is C14H17FN4. The van der Waals surface area contributed by atoms with Crippen LogP contribution >= 0.6 is 0 Å². The number of aromatic nitrogens is 3. The Hall–Kier alpha value is -1.75. The Bertz CT molecular complexity index is 529. The summed E-state index contributed by atoms with van der Waals surface area (Å²) in [5, 5.41) is 11.7. The van der Waals surface area contributed by atoms with Gasteiger partial charge in [-0.3, -0.25) is 0 Å². The fraction of sp³-hybridized carbons (Fsp3) is 0.429. The Labute approximate surface area is 111 Å². The highest BCUT2D eigenvalue weighted by molar-refractivity contribution is 5.17. The predicted octanol–water partition coefficient (Wildman–Crippen LogP) is 1.93. The van der Waals surface area contributed by atoms with Crippen LogP contribution in [0.3, 0.4) is 0 Å². The third-order valence-electron chi connectivity index (χ3n) is 3.57. The standard InChI is InChI=1S/C14H17FN4/c15-13-5-3-11(4-6-13)9-19-10-17-18-14(19)12-2-1-7-16-8-12/h3-6,10,12,16H,1-2,7-9H2. The lowest BCUT2D eigenvalue weighted by atomic mass is 9.99. The first-order valence-electron chi connectivity index (χ1n) is 6.66. The van der Waals surface area contributed by atoms with E-state index in [1.54, 1.807) is 18.5 Å². The van der Waals surface area contributed by atoms with Crippen LogP contribution in [0.15, 0.2) is 30.6 Å². The van der Waals surface area contributed by atoms with E-state index in [2.05, 4.69) is 20.1 Å². The first kappa shape index (κ1) is 12.3. The van der Waals surface area contributed by atoms with Gasteiger partial charge in [-0.15, -0.1) is 10.2 Å². The Morgan fingerprint density at radius 3 is 2.89 bits per heavy atom. The van der Waals surface area contributed by atoms with Crippen molar-refractivity contribution in [2.45, 2.75) is 25.3 Å². The van der Waals surface area contributed by atoms with Crippen LogP contribution in [0.5, 0.6) is 0 Å². The van der Waals surface area contributed by atoms with Crippen LogP contribution in [0.2, 0.25) is 0 Å². The normalized spacial score (nSPS) is 19.5.